The first-order chi connectivity index (χ1) is 8.58. The molecule has 6 nitrogen and oxygen atoms in total. The van der Waals surface area contributed by atoms with Gasteiger partial charge in [-0.25, -0.2) is 0 Å². The van der Waals surface area contributed by atoms with E-state index in [1.807, 2.05) is 0 Å². The van der Waals surface area contributed by atoms with Crippen molar-refractivity contribution in [1.29, 1.82) is 0 Å². The van der Waals surface area contributed by atoms with Crippen molar-refractivity contribution in [2.24, 2.45) is 11.7 Å². The number of nitrogens with two attached hydrogens (primary N) is 1. The number of hydrogen-bond donors (Lipinski definition) is 3. The van der Waals surface area contributed by atoms with E-state index in [-0.39, 0.29) is 12.6 Å². The lowest BCUT2D eigenvalue weighted by molar-refractivity contribution is -0.141. The molecule has 2 unspecified atom stereocenters. The zero-order valence-electron chi connectivity index (χ0n) is 9.63. The summed E-state index contributed by atoms with van der Waals surface area (Å²) in [5.41, 5.74) is 6.28. The van der Waals surface area contributed by atoms with Crippen LogP contribution >= 0.6 is 0 Å². The molecular formula is C12H14N2O4. The van der Waals surface area contributed by atoms with Crippen LogP contribution in [0.2, 0.25) is 0 Å². The van der Waals surface area contributed by atoms with E-state index in [1.54, 1.807) is 24.3 Å². The van der Waals surface area contributed by atoms with Gasteiger partial charge in [0.15, 0.2) is 0 Å². The van der Waals surface area contributed by atoms with Gasteiger partial charge >= 0.3 is 5.97 Å². The molecule has 0 aromatic heterocycles. The van der Waals surface area contributed by atoms with E-state index in [4.69, 9.17) is 15.6 Å². The van der Waals surface area contributed by atoms with E-state index in [9.17, 15) is 9.59 Å². The second-order valence-corrected chi connectivity index (χ2v) is 4.17. The fourth-order valence-corrected chi connectivity index (χ4v) is 1.88. The van der Waals surface area contributed by atoms with Crippen molar-refractivity contribution in [3.05, 3.63) is 29.8 Å². The van der Waals surface area contributed by atoms with Gasteiger partial charge in [0.2, 0.25) is 5.91 Å². The lowest BCUT2D eigenvalue weighted by Gasteiger charge is -2.17. The van der Waals surface area contributed by atoms with Crippen LogP contribution in [0.1, 0.15) is 10.4 Å². The summed E-state index contributed by atoms with van der Waals surface area (Å²) in [5, 5.41) is 12.1. The molecule has 1 fully saturated rings. The summed E-state index contributed by atoms with van der Waals surface area (Å²) in [5.74, 6) is -1.92. The Kier molecular flexibility index (Phi) is 3.47. The van der Waals surface area contributed by atoms with E-state index < -0.39 is 17.8 Å². The number of amides is 1. The number of aliphatic carboxylic acids is 1. The Hall–Kier alpha value is -2.08. The first-order valence-electron chi connectivity index (χ1n) is 5.55. The number of primary amides is 1. The van der Waals surface area contributed by atoms with Crippen molar-refractivity contribution in [2.45, 2.75) is 6.04 Å². The fraction of sp³-hybridized carbons (Fsp3) is 0.333. The van der Waals surface area contributed by atoms with E-state index in [1.165, 1.54) is 0 Å². The van der Waals surface area contributed by atoms with Crippen molar-refractivity contribution in [2.75, 3.05) is 18.5 Å². The molecule has 1 aromatic carbocycles. The molecule has 1 aliphatic rings. The minimum Gasteiger partial charge on any atom is -0.481 e. The van der Waals surface area contributed by atoms with Gasteiger partial charge < -0.3 is 20.9 Å². The third-order valence-electron chi connectivity index (χ3n) is 2.92. The maximum absolute atomic E-state index is 11.0. The normalized spacial score (nSPS) is 22.7. The Balaban J connectivity index is 2.05. The summed E-state index contributed by atoms with van der Waals surface area (Å²) in [6.07, 6.45) is 0. The molecule has 2 rings (SSSR count). The van der Waals surface area contributed by atoms with E-state index in [0.717, 1.165) is 5.69 Å². The lowest BCUT2D eigenvalue weighted by atomic mass is 10.0. The number of hydrogen-bond acceptors (Lipinski definition) is 4. The summed E-state index contributed by atoms with van der Waals surface area (Å²) in [7, 11) is 0. The molecule has 0 aliphatic carbocycles. The van der Waals surface area contributed by atoms with Gasteiger partial charge in [0.1, 0.15) is 5.92 Å². The molecule has 0 radical (unpaired) electrons. The SMILES string of the molecule is NC(=O)c1ccc(NC2COCC2C(=O)O)cc1. The number of carbonyl (C=O) groups is 2. The molecule has 0 spiro atoms. The third-order valence-corrected chi connectivity index (χ3v) is 2.92. The van der Waals surface area contributed by atoms with E-state index in [2.05, 4.69) is 5.32 Å². The van der Waals surface area contributed by atoms with Crippen LogP contribution in [0.5, 0.6) is 0 Å². The molecule has 1 aromatic rings. The Bertz CT molecular complexity index is 458. The van der Waals surface area contributed by atoms with Crippen LogP contribution in [0.4, 0.5) is 5.69 Å². The Morgan fingerprint density at radius 2 is 1.94 bits per heavy atom. The number of anilines is 1. The predicted octanol–water partition coefficient (Wildman–Crippen LogP) is 0.297. The highest BCUT2D eigenvalue weighted by Gasteiger charge is 2.33. The Morgan fingerprint density at radius 3 is 2.50 bits per heavy atom. The first kappa shape index (κ1) is 12.4. The smallest absolute Gasteiger partial charge is 0.311 e. The van der Waals surface area contributed by atoms with Crippen LogP contribution in [-0.4, -0.2) is 36.2 Å². The summed E-state index contributed by atoms with van der Waals surface area (Å²) >= 11 is 0. The molecule has 96 valence electrons. The van der Waals surface area contributed by atoms with Crippen LogP contribution in [0, 0.1) is 5.92 Å². The maximum Gasteiger partial charge on any atom is 0.311 e. The van der Waals surface area contributed by atoms with Gasteiger partial charge in [-0.15, -0.1) is 0 Å². The number of carboxylic acid groups (broad SMARTS) is 1. The summed E-state index contributed by atoms with van der Waals surface area (Å²) in [6, 6.07) is 6.31. The second kappa shape index (κ2) is 5.05. The van der Waals surface area contributed by atoms with Crippen molar-refractivity contribution in [1.82, 2.24) is 0 Å². The van der Waals surface area contributed by atoms with Gasteiger partial charge in [-0.1, -0.05) is 0 Å². The Labute approximate surface area is 104 Å². The Morgan fingerprint density at radius 1 is 1.28 bits per heavy atom. The zero-order chi connectivity index (χ0) is 13.1. The number of nitrogens with one attached hydrogen (secondary N) is 1. The molecule has 6 heteroatoms. The molecule has 1 aliphatic heterocycles. The quantitative estimate of drug-likeness (QED) is 0.713. The molecular weight excluding hydrogens is 236 g/mol. The van der Waals surface area contributed by atoms with Gasteiger partial charge in [-0.05, 0) is 24.3 Å². The highest BCUT2D eigenvalue weighted by atomic mass is 16.5. The predicted molar refractivity (Wildman–Crippen MR) is 64.3 cm³/mol. The summed E-state index contributed by atoms with van der Waals surface area (Å²) in [6.45, 7) is 0.570. The first-order valence-corrected chi connectivity index (χ1v) is 5.55. The minimum atomic E-state index is -0.876. The number of carbonyl (C=O) groups excluding carboxylic acids is 1. The average molecular weight is 250 g/mol. The van der Waals surface area contributed by atoms with Crippen LogP contribution in [0.3, 0.4) is 0 Å². The molecule has 18 heavy (non-hydrogen) atoms. The molecule has 1 heterocycles. The minimum absolute atomic E-state index is 0.215. The standard InChI is InChI=1S/C12H14N2O4/c13-11(15)7-1-3-8(4-2-7)14-10-6-18-5-9(10)12(16)17/h1-4,9-10,14H,5-6H2,(H2,13,15)(H,16,17). The molecule has 0 saturated carbocycles. The van der Waals surface area contributed by atoms with Gasteiger partial charge in [0, 0.05) is 11.3 Å². The topological polar surface area (TPSA) is 102 Å². The van der Waals surface area contributed by atoms with Crippen LogP contribution in [0.15, 0.2) is 24.3 Å². The van der Waals surface area contributed by atoms with Crippen LogP contribution in [0.25, 0.3) is 0 Å². The number of carboxylic acids is 1. The maximum atomic E-state index is 11.0. The van der Waals surface area contributed by atoms with Crippen LogP contribution in [-0.2, 0) is 9.53 Å². The van der Waals surface area contributed by atoms with Gasteiger partial charge in [-0.3, -0.25) is 9.59 Å². The largest absolute Gasteiger partial charge is 0.481 e. The number of ether oxygens (including phenoxy) is 1. The fourth-order valence-electron chi connectivity index (χ4n) is 1.88. The highest BCUT2D eigenvalue weighted by molar-refractivity contribution is 5.93. The average Bonchev–Trinajstić information content (AvgIpc) is 2.78. The molecule has 0 bridgehead atoms. The second-order valence-electron chi connectivity index (χ2n) is 4.17. The summed E-state index contributed by atoms with van der Waals surface area (Å²) < 4.78 is 5.15. The van der Waals surface area contributed by atoms with Crippen molar-refractivity contribution in [3.63, 3.8) is 0 Å². The van der Waals surface area contributed by atoms with Gasteiger partial charge in [0.05, 0.1) is 19.3 Å². The zero-order valence-corrected chi connectivity index (χ0v) is 9.63. The highest BCUT2D eigenvalue weighted by Crippen LogP contribution is 2.19. The summed E-state index contributed by atoms with van der Waals surface area (Å²) in [4.78, 5) is 21.9. The molecule has 1 amide bonds. The van der Waals surface area contributed by atoms with Gasteiger partial charge in [-0.2, -0.15) is 0 Å². The number of rotatable bonds is 4. The van der Waals surface area contributed by atoms with Crippen LogP contribution < -0.4 is 11.1 Å². The van der Waals surface area contributed by atoms with Crippen molar-refractivity contribution >= 4 is 17.6 Å². The molecule has 4 N–H and O–H groups in total. The molecule has 2 atom stereocenters. The number of benzene rings is 1. The van der Waals surface area contributed by atoms with Crippen molar-refractivity contribution in [3.8, 4) is 0 Å². The third kappa shape index (κ3) is 2.60. The van der Waals surface area contributed by atoms with Gasteiger partial charge in [0.25, 0.3) is 0 Å². The van der Waals surface area contributed by atoms with E-state index in [0.29, 0.717) is 12.2 Å². The monoisotopic (exact) mass is 250 g/mol. The van der Waals surface area contributed by atoms with Crippen molar-refractivity contribution < 1.29 is 19.4 Å². The van der Waals surface area contributed by atoms with E-state index >= 15 is 0 Å². The lowest BCUT2D eigenvalue weighted by Crippen LogP contribution is -2.33. The molecule has 1 saturated heterocycles.